The van der Waals surface area contributed by atoms with Crippen molar-refractivity contribution in [3.63, 3.8) is 0 Å². The molecule has 0 unspecified atom stereocenters. The van der Waals surface area contributed by atoms with Crippen molar-refractivity contribution in [3.8, 4) is 11.4 Å². The van der Waals surface area contributed by atoms with Crippen LogP contribution in [0.2, 0.25) is 0 Å². The summed E-state index contributed by atoms with van der Waals surface area (Å²) in [6, 6.07) is 15.5. The standard InChI is InChI=1S/C19H20N4O3/c24-17-13-25-18(19(17)26-12-14-6-2-1-3-7-14)11-23-10-16(21-22-23)15-8-4-5-9-20-15/h1-10,17-19,24H,11-13H2/t17-,18+,19-/m1/s1. The van der Waals surface area contributed by atoms with Gasteiger partial charge in [0.05, 0.1) is 31.6 Å². The molecule has 134 valence electrons. The normalized spacial score (nSPS) is 22.6. The second-order valence-electron chi connectivity index (χ2n) is 6.24. The van der Waals surface area contributed by atoms with Crippen molar-refractivity contribution >= 4 is 0 Å². The molecule has 3 heterocycles. The summed E-state index contributed by atoms with van der Waals surface area (Å²) in [5.41, 5.74) is 2.53. The number of aromatic nitrogens is 4. The number of hydrogen-bond acceptors (Lipinski definition) is 6. The first-order chi connectivity index (χ1) is 12.8. The van der Waals surface area contributed by atoms with Crippen LogP contribution in [0.1, 0.15) is 5.56 Å². The lowest BCUT2D eigenvalue weighted by atomic mass is 10.1. The van der Waals surface area contributed by atoms with Gasteiger partial charge in [0.1, 0.15) is 24.0 Å². The summed E-state index contributed by atoms with van der Waals surface area (Å²) in [6.07, 6.45) is 2.20. The molecule has 1 aliphatic heterocycles. The van der Waals surface area contributed by atoms with Gasteiger partial charge in [0, 0.05) is 6.20 Å². The number of aliphatic hydroxyl groups is 1. The third kappa shape index (κ3) is 3.80. The summed E-state index contributed by atoms with van der Waals surface area (Å²) in [5, 5.41) is 18.5. The first-order valence-electron chi connectivity index (χ1n) is 8.56. The van der Waals surface area contributed by atoms with Crippen LogP contribution in [0.4, 0.5) is 0 Å². The molecule has 3 atom stereocenters. The summed E-state index contributed by atoms with van der Waals surface area (Å²) >= 11 is 0. The SMILES string of the molecule is O[C@@H]1CO[C@@H](Cn2cc(-c3ccccn3)nn2)[C@@H]1OCc1ccccc1. The quantitative estimate of drug-likeness (QED) is 0.727. The van der Waals surface area contributed by atoms with E-state index in [9.17, 15) is 5.11 Å². The molecule has 0 aliphatic carbocycles. The van der Waals surface area contributed by atoms with Crippen LogP contribution in [0.3, 0.4) is 0 Å². The van der Waals surface area contributed by atoms with Gasteiger partial charge in [0.25, 0.3) is 0 Å². The third-order valence-electron chi connectivity index (χ3n) is 4.34. The van der Waals surface area contributed by atoms with Crippen molar-refractivity contribution in [1.82, 2.24) is 20.0 Å². The molecule has 3 aromatic rings. The van der Waals surface area contributed by atoms with Crippen molar-refractivity contribution in [1.29, 1.82) is 0 Å². The Bertz CT molecular complexity index is 825. The van der Waals surface area contributed by atoms with Crippen LogP contribution in [0.5, 0.6) is 0 Å². The van der Waals surface area contributed by atoms with Gasteiger partial charge in [-0.05, 0) is 17.7 Å². The molecule has 7 heteroatoms. The fourth-order valence-corrected chi connectivity index (χ4v) is 3.00. The van der Waals surface area contributed by atoms with Gasteiger partial charge in [-0.1, -0.05) is 41.6 Å². The van der Waals surface area contributed by atoms with Gasteiger partial charge in [-0.15, -0.1) is 5.10 Å². The zero-order valence-electron chi connectivity index (χ0n) is 14.2. The zero-order valence-corrected chi connectivity index (χ0v) is 14.2. The van der Waals surface area contributed by atoms with Crippen molar-refractivity contribution in [3.05, 3.63) is 66.5 Å². The van der Waals surface area contributed by atoms with E-state index < -0.39 is 12.2 Å². The first kappa shape index (κ1) is 16.8. The van der Waals surface area contributed by atoms with Gasteiger partial charge in [-0.2, -0.15) is 0 Å². The minimum atomic E-state index is -0.650. The van der Waals surface area contributed by atoms with E-state index in [1.54, 1.807) is 10.9 Å². The number of benzene rings is 1. The molecule has 0 amide bonds. The highest BCUT2D eigenvalue weighted by molar-refractivity contribution is 5.51. The van der Waals surface area contributed by atoms with E-state index in [4.69, 9.17) is 9.47 Å². The Balaban J connectivity index is 1.41. The number of rotatable bonds is 6. The summed E-state index contributed by atoms with van der Waals surface area (Å²) < 4.78 is 13.3. The second-order valence-corrected chi connectivity index (χ2v) is 6.24. The molecule has 1 aromatic carbocycles. The van der Waals surface area contributed by atoms with E-state index in [-0.39, 0.29) is 12.7 Å². The predicted octanol–water partition coefficient (Wildman–Crippen LogP) is 1.69. The lowest BCUT2D eigenvalue weighted by Crippen LogP contribution is -2.35. The highest BCUT2D eigenvalue weighted by atomic mass is 16.6. The molecule has 0 bridgehead atoms. The lowest BCUT2D eigenvalue weighted by Gasteiger charge is -2.20. The van der Waals surface area contributed by atoms with Crippen LogP contribution in [-0.2, 0) is 22.6 Å². The van der Waals surface area contributed by atoms with Crippen LogP contribution >= 0.6 is 0 Å². The van der Waals surface area contributed by atoms with Gasteiger partial charge < -0.3 is 14.6 Å². The summed E-state index contributed by atoms with van der Waals surface area (Å²) in [7, 11) is 0. The van der Waals surface area contributed by atoms with Crippen LogP contribution in [0.25, 0.3) is 11.4 Å². The molecule has 26 heavy (non-hydrogen) atoms. The third-order valence-corrected chi connectivity index (χ3v) is 4.34. The molecular weight excluding hydrogens is 332 g/mol. The number of pyridine rings is 1. The smallest absolute Gasteiger partial charge is 0.131 e. The van der Waals surface area contributed by atoms with E-state index in [1.165, 1.54) is 0 Å². The topological polar surface area (TPSA) is 82.3 Å². The van der Waals surface area contributed by atoms with Crippen molar-refractivity contribution < 1.29 is 14.6 Å². The van der Waals surface area contributed by atoms with Crippen molar-refractivity contribution in [2.24, 2.45) is 0 Å². The van der Waals surface area contributed by atoms with Gasteiger partial charge >= 0.3 is 0 Å². The molecule has 1 saturated heterocycles. The van der Waals surface area contributed by atoms with Gasteiger partial charge in [0.15, 0.2) is 0 Å². The van der Waals surface area contributed by atoms with Crippen molar-refractivity contribution in [2.45, 2.75) is 31.5 Å². The monoisotopic (exact) mass is 352 g/mol. The van der Waals surface area contributed by atoms with E-state index in [0.717, 1.165) is 11.3 Å². The Morgan fingerprint density at radius 3 is 2.77 bits per heavy atom. The Morgan fingerprint density at radius 1 is 1.12 bits per heavy atom. The van der Waals surface area contributed by atoms with E-state index >= 15 is 0 Å². The zero-order chi connectivity index (χ0) is 17.8. The average Bonchev–Trinajstić information content (AvgIpc) is 3.29. The largest absolute Gasteiger partial charge is 0.388 e. The molecule has 1 N–H and O–H groups in total. The second kappa shape index (κ2) is 7.74. The summed E-state index contributed by atoms with van der Waals surface area (Å²) in [4.78, 5) is 4.27. The number of aliphatic hydroxyl groups excluding tert-OH is 1. The number of hydrogen-bond donors (Lipinski definition) is 1. The Kier molecular flexibility index (Phi) is 5.01. The van der Waals surface area contributed by atoms with Gasteiger partial charge in [-0.3, -0.25) is 4.98 Å². The lowest BCUT2D eigenvalue weighted by molar-refractivity contribution is -0.0513. The highest BCUT2D eigenvalue weighted by Gasteiger charge is 2.37. The maximum atomic E-state index is 10.2. The molecule has 2 aromatic heterocycles. The maximum absolute atomic E-state index is 10.2. The Morgan fingerprint density at radius 2 is 1.96 bits per heavy atom. The fraction of sp³-hybridized carbons (Fsp3) is 0.316. The minimum Gasteiger partial charge on any atom is -0.388 e. The van der Waals surface area contributed by atoms with Gasteiger partial charge in [0.2, 0.25) is 0 Å². The van der Waals surface area contributed by atoms with E-state index in [1.807, 2.05) is 54.7 Å². The summed E-state index contributed by atoms with van der Waals surface area (Å²) in [5.74, 6) is 0. The molecule has 0 spiro atoms. The van der Waals surface area contributed by atoms with Crippen LogP contribution in [-0.4, -0.2) is 50.0 Å². The molecule has 7 nitrogen and oxygen atoms in total. The molecule has 0 radical (unpaired) electrons. The Hall–Kier alpha value is -2.61. The van der Waals surface area contributed by atoms with Crippen LogP contribution < -0.4 is 0 Å². The summed E-state index contributed by atoms with van der Waals surface area (Å²) in [6.45, 7) is 1.14. The van der Waals surface area contributed by atoms with E-state index in [0.29, 0.717) is 18.8 Å². The molecule has 1 fully saturated rings. The highest BCUT2D eigenvalue weighted by Crippen LogP contribution is 2.21. The van der Waals surface area contributed by atoms with Crippen LogP contribution in [0, 0.1) is 0 Å². The van der Waals surface area contributed by atoms with E-state index in [2.05, 4.69) is 15.3 Å². The fourth-order valence-electron chi connectivity index (χ4n) is 3.00. The number of nitrogens with zero attached hydrogens (tertiary/aromatic N) is 4. The minimum absolute atomic E-state index is 0.256. The molecule has 4 rings (SSSR count). The molecule has 0 saturated carbocycles. The Labute approximate surface area is 151 Å². The van der Waals surface area contributed by atoms with Crippen molar-refractivity contribution in [2.75, 3.05) is 6.61 Å². The average molecular weight is 352 g/mol. The molecule has 1 aliphatic rings. The van der Waals surface area contributed by atoms with Gasteiger partial charge in [-0.25, -0.2) is 4.68 Å². The van der Waals surface area contributed by atoms with Crippen LogP contribution in [0.15, 0.2) is 60.9 Å². The maximum Gasteiger partial charge on any atom is 0.131 e. The first-order valence-corrected chi connectivity index (χ1v) is 8.56. The predicted molar refractivity (Wildman–Crippen MR) is 94.0 cm³/mol. The number of ether oxygens (including phenoxy) is 2. The molecular formula is C19H20N4O3.